The molecule has 1 heterocycles. The zero-order valence-electron chi connectivity index (χ0n) is 13.0. The summed E-state index contributed by atoms with van der Waals surface area (Å²) in [6.07, 6.45) is 0.691. The van der Waals surface area contributed by atoms with E-state index in [0.717, 1.165) is 5.56 Å². The number of fused-ring (bicyclic) bond motifs is 1. The lowest BCUT2D eigenvalue weighted by Gasteiger charge is -2.30. The van der Waals surface area contributed by atoms with Crippen LogP contribution in [0.25, 0.3) is 0 Å². The van der Waals surface area contributed by atoms with Gasteiger partial charge in [-0.15, -0.1) is 0 Å². The minimum atomic E-state index is -0.227. The Bertz CT molecular complexity index is 855. The number of anilines is 1. The molecular formula is C18H14N2O4. The zero-order chi connectivity index (χ0) is 17.1. The Morgan fingerprint density at radius 1 is 1.38 bits per heavy atom. The number of carbonyl (C=O) groups excluding carboxylic acids is 2. The summed E-state index contributed by atoms with van der Waals surface area (Å²) in [5.74, 6) is 0.604. The van der Waals surface area contributed by atoms with Crippen LogP contribution >= 0.6 is 0 Å². The molecule has 0 N–H and O–H groups in total. The van der Waals surface area contributed by atoms with Gasteiger partial charge in [0.2, 0.25) is 0 Å². The molecular weight excluding hydrogens is 308 g/mol. The van der Waals surface area contributed by atoms with Gasteiger partial charge in [0.1, 0.15) is 6.29 Å². The standard InChI is InChI=1S/C18H14N2O4/c1-23-16-7-14(10-21)6-15-18(16)24-11-17(22)20(15)9-13-4-2-3-12(5-13)8-19/h2-7,10H,9,11H2,1H3. The number of aldehydes is 1. The van der Waals surface area contributed by atoms with E-state index in [1.54, 1.807) is 30.3 Å². The van der Waals surface area contributed by atoms with Crippen molar-refractivity contribution in [1.29, 1.82) is 5.26 Å². The third-order valence-corrected chi connectivity index (χ3v) is 3.74. The van der Waals surface area contributed by atoms with Crippen LogP contribution in [0.4, 0.5) is 5.69 Å². The summed E-state index contributed by atoms with van der Waals surface area (Å²) in [7, 11) is 1.48. The SMILES string of the molecule is COc1cc(C=O)cc2c1OCC(=O)N2Cc1cccc(C#N)c1. The molecule has 1 aliphatic heterocycles. The highest BCUT2D eigenvalue weighted by Crippen LogP contribution is 2.41. The third kappa shape index (κ3) is 2.79. The number of nitriles is 1. The molecule has 120 valence electrons. The van der Waals surface area contributed by atoms with E-state index in [1.807, 2.05) is 6.07 Å². The van der Waals surface area contributed by atoms with Crippen molar-refractivity contribution in [3.63, 3.8) is 0 Å². The Labute approximate surface area is 138 Å². The molecule has 2 aromatic rings. The Hall–Kier alpha value is -3.33. The molecule has 24 heavy (non-hydrogen) atoms. The second kappa shape index (κ2) is 6.42. The predicted molar refractivity (Wildman–Crippen MR) is 86.2 cm³/mol. The van der Waals surface area contributed by atoms with Crippen LogP contribution in [0.3, 0.4) is 0 Å². The van der Waals surface area contributed by atoms with Crippen LogP contribution < -0.4 is 14.4 Å². The first-order chi connectivity index (χ1) is 11.7. The van der Waals surface area contributed by atoms with Crippen LogP contribution in [0.5, 0.6) is 11.5 Å². The van der Waals surface area contributed by atoms with Crippen molar-refractivity contribution in [1.82, 2.24) is 0 Å². The van der Waals surface area contributed by atoms with Crippen LogP contribution in [0.15, 0.2) is 36.4 Å². The van der Waals surface area contributed by atoms with Crippen molar-refractivity contribution in [2.75, 3.05) is 18.6 Å². The smallest absolute Gasteiger partial charge is 0.265 e. The van der Waals surface area contributed by atoms with Crippen molar-refractivity contribution in [3.05, 3.63) is 53.1 Å². The number of nitrogens with zero attached hydrogens (tertiary/aromatic N) is 2. The van der Waals surface area contributed by atoms with Gasteiger partial charge >= 0.3 is 0 Å². The maximum Gasteiger partial charge on any atom is 0.265 e. The van der Waals surface area contributed by atoms with Gasteiger partial charge in [0.25, 0.3) is 5.91 Å². The van der Waals surface area contributed by atoms with Crippen LogP contribution in [-0.4, -0.2) is 25.9 Å². The van der Waals surface area contributed by atoms with E-state index in [0.29, 0.717) is 34.6 Å². The molecule has 0 aromatic heterocycles. The van der Waals surface area contributed by atoms with E-state index in [4.69, 9.17) is 14.7 Å². The largest absolute Gasteiger partial charge is 0.493 e. The summed E-state index contributed by atoms with van der Waals surface area (Å²) in [6, 6.07) is 12.3. The van der Waals surface area contributed by atoms with Crippen LogP contribution in [0, 0.1) is 11.3 Å². The third-order valence-electron chi connectivity index (χ3n) is 3.74. The van der Waals surface area contributed by atoms with E-state index in [-0.39, 0.29) is 19.1 Å². The highest BCUT2D eigenvalue weighted by atomic mass is 16.5. The molecule has 6 nitrogen and oxygen atoms in total. The summed E-state index contributed by atoms with van der Waals surface area (Å²) >= 11 is 0. The molecule has 0 aliphatic carbocycles. The molecule has 0 atom stereocenters. The lowest BCUT2D eigenvalue weighted by atomic mass is 10.1. The number of carbonyl (C=O) groups is 2. The number of rotatable bonds is 4. The molecule has 0 bridgehead atoms. The van der Waals surface area contributed by atoms with E-state index < -0.39 is 0 Å². The van der Waals surface area contributed by atoms with Gasteiger partial charge in [0, 0.05) is 5.56 Å². The number of benzene rings is 2. The number of hydrogen-bond donors (Lipinski definition) is 0. The summed E-state index contributed by atoms with van der Waals surface area (Å²) in [5, 5.41) is 9.01. The van der Waals surface area contributed by atoms with E-state index in [9.17, 15) is 9.59 Å². The van der Waals surface area contributed by atoms with Gasteiger partial charge in [-0.3, -0.25) is 9.59 Å². The zero-order valence-corrected chi connectivity index (χ0v) is 13.0. The summed E-state index contributed by atoms with van der Waals surface area (Å²) in [5.41, 5.74) is 2.20. The number of amides is 1. The van der Waals surface area contributed by atoms with E-state index >= 15 is 0 Å². The average Bonchev–Trinajstić information content (AvgIpc) is 2.63. The molecule has 3 rings (SSSR count). The van der Waals surface area contributed by atoms with Gasteiger partial charge in [-0.25, -0.2) is 0 Å². The van der Waals surface area contributed by atoms with Crippen molar-refractivity contribution in [2.45, 2.75) is 6.54 Å². The Kier molecular flexibility index (Phi) is 4.17. The predicted octanol–water partition coefficient (Wildman–Crippen LogP) is 2.30. The molecule has 6 heteroatoms. The second-order valence-corrected chi connectivity index (χ2v) is 5.27. The minimum absolute atomic E-state index is 0.109. The first-order valence-corrected chi connectivity index (χ1v) is 7.25. The Balaban J connectivity index is 2.04. The van der Waals surface area contributed by atoms with Gasteiger partial charge in [0.05, 0.1) is 31.0 Å². The molecule has 0 saturated carbocycles. The van der Waals surface area contributed by atoms with Crippen LogP contribution in [0.2, 0.25) is 0 Å². The monoisotopic (exact) mass is 322 g/mol. The quantitative estimate of drug-likeness (QED) is 0.807. The average molecular weight is 322 g/mol. The van der Waals surface area contributed by atoms with E-state index in [1.165, 1.54) is 12.0 Å². The molecule has 0 saturated heterocycles. The molecule has 2 aromatic carbocycles. The van der Waals surface area contributed by atoms with Gasteiger partial charge in [-0.2, -0.15) is 5.26 Å². The maximum atomic E-state index is 12.3. The number of hydrogen-bond acceptors (Lipinski definition) is 5. The summed E-state index contributed by atoms with van der Waals surface area (Å²) in [4.78, 5) is 25.0. The fourth-order valence-electron chi connectivity index (χ4n) is 2.61. The maximum absolute atomic E-state index is 12.3. The molecule has 1 aliphatic rings. The normalized spacial score (nSPS) is 12.8. The van der Waals surface area contributed by atoms with Gasteiger partial charge in [-0.05, 0) is 29.8 Å². The van der Waals surface area contributed by atoms with Crippen LogP contribution in [0.1, 0.15) is 21.5 Å². The fraction of sp³-hybridized carbons (Fsp3) is 0.167. The topological polar surface area (TPSA) is 79.6 Å². The van der Waals surface area contributed by atoms with Crippen molar-refractivity contribution >= 4 is 17.9 Å². The van der Waals surface area contributed by atoms with Gasteiger partial charge < -0.3 is 14.4 Å². The highest BCUT2D eigenvalue weighted by molar-refractivity contribution is 5.99. The number of methoxy groups -OCH3 is 1. The first kappa shape index (κ1) is 15.6. The van der Waals surface area contributed by atoms with Crippen LogP contribution in [-0.2, 0) is 11.3 Å². The lowest BCUT2D eigenvalue weighted by molar-refractivity contribution is -0.121. The molecule has 0 radical (unpaired) electrons. The second-order valence-electron chi connectivity index (χ2n) is 5.27. The Morgan fingerprint density at radius 2 is 2.21 bits per heavy atom. The van der Waals surface area contributed by atoms with Crippen molar-refractivity contribution in [3.8, 4) is 17.6 Å². The lowest BCUT2D eigenvalue weighted by Crippen LogP contribution is -2.38. The highest BCUT2D eigenvalue weighted by Gasteiger charge is 2.29. The van der Waals surface area contributed by atoms with Crippen molar-refractivity contribution < 1.29 is 19.1 Å². The number of ether oxygens (including phenoxy) is 2. The molecule has 0 unspecified atom stereocenters. The Morgan fingerprint density at radius 3 is 2.92 bits per heavy atom. The fourth-order valence-corrected chi connectivity index (χ4v) is 2.61. The molecule has 0 spiro atoms. The first-order valence-electron chi connectivity index (χ1n) is 7.25. The van der Waals surface area contributed by atoms with E-state index in [2.05, 4.69) is 6.07 Å². The van der Waals surface area contributed by atoms with Gasteiger partial charge in [0.15, 0.2) is 18.1 Å². The summed E-state index contributed by atoms with van der Waals surface area (Å²) < 4.78 is 10.7. The molecule has 0 fully saturated rings. The van der Waals surface area contributed by atoms with Crippen molar-refractivity contribution in [2.24, 2.45) is 0 Å². The minimum Gasteiger partial charge on any atom is -0.493 e. The summed E-state index contributed by atoms with van der Waals surface area (Å²) in [6.45, 7) is 0.165. The molecule has 1 amide bonds. The van der Waals surface area contributed by atoms with Gasteiger partial charge in [-0.1, -0.05) is 12.1 Å².